The Morgan fingerprint density at radius 2 is 1.80 bits per heavy atom. The van der Waals surface area contributed by atoms with E-state index in [4.69, 9.17) is 5.10 Å². The fraction of sp³-hybridized carbons (Fsp3) is 0.447. The van der Waals surface area contributed by atoms with Crippen LogP contribution in [0.4, 0.5) is 23.2 Å². The van der Waals surface area contributed by atoms with Gasteiger partial charge in [-0.1, -0.05) is 12.1 Å². The van der Waals surface area contributed by atoms with Crippen molar-refractivity contribution in [3.05, 3.63) is 82.4 Å². The fourth-order valence-corrected chi connectivity index (χ4v) is 8.58. The second kappa shape index (κ2) is 14.3. The number of aryl methyl sites for hydroxylation is 1. The predicted molar refractivity (Wildman–Crippen MR) is 193 cm³/mol. The van der Waals surface area contributed by atoms with E-state index >= 15 is 4.39 Å². The smallest absolute Gasteiger partial charge is 0.321 e. The van der Waals surface area contributed by atoms with E-state index in [1.165, 1.54) is 9.13 Å². The number of carbonyl (C=O) groups is 3. The van der Waals surface area contributed by atoms with Gasteiger partial charge in [0.1, 0.15) is 29.9 Å². The number of hydrogen-bond acceptors (Lipinski definition) is 8. The summed E-state index contributed by atoms with van der Waals surface area (Å²) in [4.78, 5) is 59.5. The molecule has 5 heterocycles. The summed E-state index contributed by atoms with van der Waals surface area (Å²) >= 11 is 0. The highest BCUT2D eigenvalue weighted by atomic mass is 19.4. The maximum atomic E-state index is 16.1. The minimum Gasteiger partial charge on any atom is -0.321 e. The SMILES string of the molecule is Cn1c(=O)n(C2CCC(=O)NC2=O)c2cccc([C@@H]3CCN(CC4CCC(n5cc6cc(NC(=O)c7cc(C(F)(F)F)ncn7)ccc6n5)CC4)C[C@H]3F)c21. The average Bonchev–Trinajstić information content (AvgIpc) is 3.69. The molecule has 1 saturated carbocycles. The van der Waals surface area contributed by atoms with Crippen LogP contribution in [-0.2, 0) is 22.8 Å². The lowest BCUT2D eigenvalue weighted by Crippen LogP contribution is -2.44. The van der Waals surface area contributed by atoms with Crippen LogP contribution in [0.5, 0.6) is 0 Å². The number of para-hydroxylation sites is 1. The molecule has 17 heteroatoms. The zero-order valence-electron chi connectivity index (χ0n) is 29.9. The quantitative estimate of drug-likeness (QED) is 0.168. The molecule has 288 valence electrons. The number of likely N-dealkylation sites (tertiary alicyclic amines) is 1. The van der Waals surface area contributed by atoms with Crippen LogP contribution in [-0.4, -0.2) is 77.3 Å². The average molecular weight is 762 g/mol. The van der Waals surface area contributed by atoms with E-state index in [-0.39, 0.29) is 37.0 Å². The Hall–Kier alpha value is -5.45. The Balaban J connectivity index is 0.872. The zero-order chi connectivity index (χ0) is 38.6. The van der Waals surface area contributed by atoms with Gasteiger partial charge < -0.3 is 10.2 Å². The van der Waals surface area contributed by atoms with E-state index in [1.54, 1.807) is 37.4 Å². The number of amides is 3. The van der Waals surface area contributed by atoms with Gasteiger partial charge in [0.15, 0.2) is 0 Å². The van der Waals surface area contributed by atoms with Crippen LogP contribution >= 0.6 is 0 Å². The van der Waals surface area contributed by atoms with Crippen molar-refractivity contribution in [3.63, 3.8) is 0 Å². The van der Waals surface area contributed by atoms with E-state index in [0.29, 0.717) is 48.0 Å². The van der Waals surface area contributed by atoms with Gasteiger partial charge in [-0.15, -0.1) is 0 Å². The van der Waals surface area contributed by atoms with Crippen LogP contribution in [0.25, 0.3) is 21.9 Å². The molecule has 2 N–H and O–H groups in total. The summed E-state index contributed by atoms with van der Waals surface area (Å²) in [5.74, 6) is -1.65. The van der Waals surface area contributed by atoms with Crippen LogP contribution in [0.1, 0.15) is 84.7 Å². The second-order valence-electron chi connectivity index (χ2n) is 14.9. The molecule has 2 aromatic carbocycles. The van der Waals surface area contributed by atoms with Crippen molar-refractivity contribution < 1.29 is 31.9 Å². The Kier molecular flexibility index (Phi) is 9.51. The van der Waals surface area contributed by atoms with Crippen LogP contribution in [0.2, 0.25) is 0 Å². The van der Waals surface area contributed by atoms with Gasteiger partial charge in [0.25, 0.3) is 5.91 Å². The maximum absolute atomic E-state index is 16.1. The largest absolute Gasteiger partial charge is 0.433 e. The van der Waals surface area contributed by atoms with Crippen LogP contribution in [0.3, 0.4) is 0 Å². The molecule has 2 saturated heterocycles. The number of aromatic nitrogens is 6. The fourth-order valence-electron chi connectivity index (χ4n) is 8.58. The highest BCUT2D eigenvalue weighted by molar-refractivity contribution is 6.04. The van der Waals surface area contributed by atoms with E-state index in [9.17, 15) is 32.3 Å². The minimum atomic E-state index is -4.70. The first kappa shape index (κ1) is 36.5. The number of alkyl halides is 4. The van der Waals surface area contributed by atoms with Crippen molar-refractivity contribution in [3.8, 4) is 0 Å². The Labute approximate surface area is 311 Å². The summed E-state index contributed by atoms with van der Waals surface area (Å²) in [7, 11) is 1.64. The molecule has 0 spiro atoms. The molecule has 5 aromatic rings. The van der Waals surface area contributed by atoms with Crippen LogP contribution < -0.4 is 16.3 Å². The number of imide groups is 1. The number of halogens is 4. The Morgan fingerprint density at radius 1 is 1.00 bits per heavy atom. The number of imidazole rings is 1. The first-order chi connectivity index (χ1) is 26.3. The molecule has 13 nitrogen and oxygen atoms in total. The van der Waals surface area contributed by atoms with Gasteiger partial charge in [0.05, 0.1) is 22.6 Å². The molecule has 55 heavy (non-hydrogen) atoms. The lowest BCUT2D eigenvalue weighted by molar-refractivity contribution is -0.141. The zero-order valence-corrected chi connectivity index (χ0v) is 29.9. The highest BCUT2D eigenvalue weighted by Gasteiger charge is 2.37. The topological polar surface area (TPSA) is 149 Å². The predicted octanol–water partition coefficient (Wildman–Crippen LogP) is 5.29. The van der Waals surface area contributed by atoms with E-state index < -0.39 is 47.5 Å². The summed E-state index contributed by atoms with van der Waals surface area (Å²) < 4.78 is 60.1. The molecule has 8 rings (SSSR count). The number of carbonyl (C=O) groups excluding carboxylic acids is 3. The lowest BCUT2D eigenvalue weighted by atomic mass is 9.83. The van der Waals surface area contributed by atoms with Crippen molar-refractivity contribution in [1.82, 2.24) is 39.1 Å². The monoisotopic (exact) mass is 761 g/mol. The molecule has 1 aliphatic carbocycles. The van der Waals surface area contributed by atoms with Gasteiger partial charge in [-0.05, 0) is 80.8 Å². The first-order valence-electron chi connectivity index (χ1n) is 18.4. The molecular weight excluding hydrogens is 722 g/mol. The summed E-state index contributed by atoms with van der Waals surface area (Å²) in [6.07, 6.45) is 1.44. The van der Waals surface area contributed by atoms with Crippen LogP contribution in [0.15, 0.2) is 59.8 Å². The molecule has 0 radical (unpaired) electrons. The number of piperidine rings is 2. The van der Waals surface area contributed by atoms with Crippen LogP contribution in [0, 0.1) is 5.92 Å². The van der Waals surface area contributed by atoms with Gasteiger partial charge >= 0.3 is 11.9 Å². The molecule has 3 aliphatic rings. The minimum absolute atomic E-state index is 0.144. The van der Waals surface area contributed by atoms with E-state index in [0.717, 1.165) is 48.7 Å². The van der Waals surface area contributed by atoms with E-state index in [2.05, 4.69) is 25.5 Å². The third-order valence-corrected chi connectivity index (χ3v) is 11.4. The Bertz CT molecular complexity index is 2360. The van der Waals surface area contributed by atoms with Crippen molar-refractivity contribution in [2.75, 3.05) is 25.0 Å². The number of anilines is 1. The van der Waals surface area contributed by atoms with Gasteiger partial charge in [-0.2, -0.15) is 18.3 Å². The van der Waals surface area contributed by atoms with Gasteiger partial charge in [0, 0.05) is 55.8 Å². The summed E-state index contributed by atoms with van der Waals surface area (Å²) in [5.41, 5.74) is 1.09. The maximum Gasteiger partial charge on any atom is 0.433 e. The summed E-state index contributed by atoms with van der Waals surface area (Å²) in [6.45, 7) is 1.79. The van der Waals surface area contributed by atoms with Gasteiger partial charge in [-0.3, -0.25) is 33.5 Å². The Morgan fingerprint density at radius 3 is 2.55 bits per heavy atom. The number of rotatable bonds is 7. The molecule has 2 aliphatic heterocycles. The summed E-state index contributed by atoms with van der Waals surface area (Å²) in [6, 6.07) is 10.5. The summed E-state index contributed by atoms with van der Waals surface area (Å²) in [5, 5.41) is 10.5. The molecule has 3 aromatic heterocycles. The second-order valence-corrected chi connectivity index (χ2v) is 14.9. The molecule has 0 bridgehead atoms. The number of nitrogens with zero attached hydrogens (tertiary/aromatic N) is 7. The number of hydrogen-bond donors (Lipinski definition) is 2. The third-order valence-electron chi connectivity index (χ3n) is 11.4. The standard InChI is InChI=1S/C38H39F4N9O4/c1-48-34-26(3-2-4-30(34)51(37(48)55)31-11-12-33(52)46-36(31)54)25-13-14-49(19-27(25)39)17-21-5-8-24(9-6-21)50-18-22-15-23(7-10-28(22)47-50)45-35(53)29-16-32(38(40,41)42)44-20-43-29/h2-4,7,10,15-16,18,20-21,24-25,27,31H,5-6,8-9,11-14,17,19H2,1H3,(H,45,53)(H,46,52,54)/t21?,24?,25-,27+,31?/m0/s1. The number of nitrogens with one attached hydrogen (secondary N) is 2. The third kappa shape index (κ3) is 7.12. The normalized spacial score (nSPS) is 24.0. The van der Waals surface area contributed by atoms with E-state index in [1.807, 2.05) is 16.9 Å². The molecule has 1 unspecified atom stereocenters. The van der Waals surface area contributed by atoms with Crippen molar-refractivity contribution in [2.45, 2.75) is 75.3 Å². The lowest BCUT2D eigenvalue weighted by Gasteiger charge is -2.38. The highest BCUT2D eigenvalue weighted by Crippen LogP contribution is 2.38. The van der Waals surface area contributed by atoms with Crippen molar-refractivity contribution >= 4 is 45.3 Å². The molecule has 3 atom stereocenters. The number of fused-ring (bicyclic) bond motifs is 2. The number of benzene rings is 2. The first-order valence-corrected chi connectivity index (χ1v) is 18.4. The van der Waals surface area contributed by atoms with Crippen molar-refractivity contribution in [1.29, 1.82) is 0 Å². The molecule has 3 fully saturated rings. The van der Waals surface area contributed by atoms with Gasteiger partial charge in [0.2, 0.25) is 11.8 Å². The van der Waals surface area contributed by atoms with Gasteiger partial charge in [-0.25, -0.2) is 19.2 Å². The molecule has 3 amide bonds. The van der Waals surface area contributed by atoms with Crippen molar-refractivity contribution in [2.24, 2.45) is 13.0 Å². The molecular formula is C38H39F4N9O4.